The van der Waals surface area contributed by atoms with Gasteiger partial charge in [-0.15, -0.1) is 0 Å². The zero-order chi connectivity index (χ0) is 17.1. The van der Waals surface area contributed by atoms with Crippen LogP contribution in [0.25, 0.3) is 0 Å². The first-order chi connectivity index (χ1) is 10.7. The number of hydrogen-bond donors (Lipinski definition) is 2. The predicted molar refractivity (Wildman–Crippen MR) is 93.1 cm³/mol. The second kappa shape index (κ2) is 6.63. The van der Waals surface area contributed by atoms with Gasteiger partial charge in [-0.25, -0.2) is 0 Å². The van der Waals surface area contributed by atoms with Gasteiger partial charge in [-0.1, -0.05) is 52.0 Å². The molecule has 2 aromatic rings. The first-order valence-electron chi connectivity index (χ1n) is 7.87. The van der Waals surface area contributed by atoms with Crippen LogP contribution in [-0.4, -0.2) is 23.4 Å². The van der Waals surface area contributed by atoms with E-state index < -0.39 is 0 Å². The molecule has 0 aromatic heterocycles. The molecule has 0 fully saturated rings. The van der Waals surface area contributed by atoms with Crippen molar-refractivity contribution < 1.29 is 14.9 Å². The Kier molecular flexibility index (Phi) is 5.00. The Morgan fingerprint density at radius 2 is 0.957 bits per heavy atom. The molecule has 3 nitrogen and oxygen atoms in total. The van der Waals surface area contributed by atoms with Gasteiger partial charge in [-0.05, 0) is 35.4 Å². The Hall–Kier alpha value is -2.00. The van der Waals surface area contributed by atoms with E-state index in [0.717, 1.165) is 11.1 Å². The van der Waals surface area contributed by atoms with Crippen molar-refractivity contribution >= 4 is 0 Å². The molecule has 0 bridgehead atoms. The molecule has 0 heterocycles. The average molecular weight is 314 g/mol. The molecule has 23 heavy (non-hydrogen) atoms. The van der Waals surface area contributed by atoms with Crippen LogP contribution in [0.2, 0.25) is 0 Å². The van der Waals surface area contributed by atoms with Crippen LogP contribution in [0, 0.1) is 0 Å². The molecule has 124 valence electrons. The lowest BCUT2D eigenvalue weighted by Crippen LogP contribution is -2.30. The molecule has 0 saturated carbocycles. The Balaban J connectivity index is 1.97. The first-order valence-corrected chi connectivity index (χ1v) is 7.87. The maximum absolute atomic E-state index is 9.40. The summed E-state index contributed by atoms with van der Waals surface area (Å²) in [6, 6.07) is 14.6. The van der Waals surface area contributed by atoms with Gasteiger partial charge in [-0.2, -0.15) is 0 Å². The monoisotopic (exact) mass is 314 g/mol. The van der Waals surface area contributed by atoms with Crippen LogP contribution in [0.3, 0.4) is 0 Å². The average Bonchev–Trinajstić information content (AvgIpc) is 2.47. The van der Waals surface area contributed by atoms with Crippen molar-refractivity contribution in [3.8, 4) is 11.5 Å². The van der Waals surface area contributed by atoms with Crippen LogP contribution in [0.1, 0.15) is 38.8 Å². The van der Waals surface area contributed by atoms with Gasteiger partial charge >= 0.3 is 0 Å². The highest BCUT2D eigenvalue weighted by molar-refractivity contribution is 5.31. The molecule has 0 aliphatic heterocycles. The molecule has 0 aliphatic carbocycles. The number of phenolic OH excluding ortho intramolecular Hbond substituents is 2. The Morgan fingerprint density at radius 3 is 1.26 bits per heavy atom. The van der Waals surface area contributed by atoms with E-state index in [4.69, 9.17) is 4.74 Å². The second-order valence-corrected chi connectivity index (χ2v) is 7.35. The fourth-order valence-corrected chi connectivity index (χ4v) is 2.55. The van der Waals surface area contributed by atoms with Crippen molar-refractivity contribution in [1.29, 1.82) is 0 Å². The minimum absolute atomic E-state index is 0.126. The quantitative estimate of drug-likeness (QED) is 0.832. The maximum Gasteiger partial charge on any atom is 0.115 e. The Bertz CT molecular complexity index is 567. The predicted octanol–water partition coefficient (Wildman–Crippen LogP) is 4.37. The summed E-state index contributed by atoms with van der Waals surface area (Å²) in [5.41, 5.74) is 2.02. The molecule has 3 heteroatoms. The minimum atomic E-state index is -0.126. The highest BCUT2D eigenvalue weighted by Crippen LogP contribution is 2.28. The highest BCUT2D eigenvalue weighted by Gasteiger charge is 2.25. The maximum atomic E-state index is 9.40. The van der Waals surface area contributed by atoms with Crippen LogP contribution in [0.4, 0.5) is 0 Å². The molecule has 2 aromatic carbocycles. The van der Waals surface area contributed by atoms with Crippen LogP contribution in [0.5, 0.6) is 11.5 Å². The minimum Gasteiger partial charge on any atom is -0.508 e. The zero-order valence-electron chi connectivity index (χ0n) is 14.3. The molecular weight excluding hydrogens is 288 g/mol. The molecule has 0 spiro atoms. The normalized spacial score (nSPS) is 12.3. The van der Waals surface area contributed by atoms with Gasteiger partial charge in [0.05, 0.1) is 13.2 Å². The van der Waals surface area contributed by atoms with E-state index in [1.54, 1.807) is 24.3 Å². The van der Waals surface area contributed by atoms with Crippen molar-refractivity contribution in [3.05, 3.63) is 59.7 Å². The molecule has 0 aliphatic rings. The molecule has 2 rings (SSSR count). The van der Waals surface area contributed by atoms with E-state index >= 15 is 0 Å². The number of ether oxygens (including phenoxy) is 1. The van der Waals surface area contributed by atoms with Crippen molar-refractivity contribution in [2.24, 2.45) is 0 Å². The summed E-state index contributed by atoms with van der Waals surface area (Å²) in [5.74, 6) is 0.554. The summed E-state index contributed by atoms with van der Waals surface area (Å²) in [6.07, 6.45) is 0. The van der Waals surface area contributed by atoms with Gasteiger partial charge in [0, 0.05) is 10.8 Å². The van der Waals surface area contributed by atoms with Gasteiger partial charge in [-0.3, -0.25) is 0 Å². The van der Waals surface area contributed by atoms with Crippen molar-refractivity contribution in [3.63, 3.8) is 0 Å². The molecular formula is C20H26O3. The van der Waals surface area contributed by atoms with E-state index in [2.05, 4.69) is 27.7 Å². The van der Waals surface area contributed by atoms with Crippen molar-refractivity contribution in [2.45, 2.75) is 38.5 Å². The summed E-state index contributed by atoms with van der Waals surface area (Å²) in [5, 5.41) is 18.8. The fraction of sp³-hybridized carbons (Fsp3) is 0.400. The Morgan fingerprint density at radius 1 is 0.652 bits per heavy atom. The van der Waals surface area contributed by atoms with Gasteiger partial charge < -0.3 is 14.9 Å². The summed E-state index contributed by atoms with van der Waals surface area (Å²) in [6.45, 7) is 9.72. The summed E-state index contributed by atoms with van der Waals surface area (Å²) < 4.78 is 6.01. The largest absolute Gasteiger partial charge is 0.508 e. The van der Waals surface area contributed by atoms with E-state index in [9.17, 15) is 10.2 Å². The van der Waals surface area contributed by atoms with Crippen LogP contribution in [-0.2, 0) is 15.6 Å². The Labute approximate surface area is 138 Å². The van der Waals surface area contributed by atoms with Crippen molar-refractivity contribution in [2.75, 3.05) is 13.2 Å². The SMILES string of the molecule is CC(C)(COCC(C)(C)c1ccc(O)cc1)c1ccc(O)cc1. The number of phenols is 2. The third-order valence-corrected chi connectivity index (χ3v) is 4.22. The number of hydrogen-bond acceptors (Lipinski definition) is 3. The lowest BCUT2D eigenvalue weighted by molar-refractivity contribution is 0.0633. The van der Waals surface area contributed by atoms with E-state index in [-0.39, 0.29) is 22.3 Å². The number of aromatic hydroxyl groups is 2. The van der Waals surface area contributed by atoms with Crippen molar-refractivity contribution in [1.82, 2.24) is 0 Å². The van der Waals surface area contributed by atoms with Gasteiger partial charge in [0.25, 0.3) is 0 Å². The van der Waals surface area contributed by atoms with E-state index in [0.29, 0.717) is 13.2 Å². The molecule has 0 unspecified atom stereocenters. The van der Waals surface area contributed by atoms with E-state index in [1.807, 2.05) is 24.3 Å². The summed E-state index contributed by atoms with van der Waals surface area (Å²) >= 11 is 0. The molecule has 0 atom stereocenters. The highest BCUT2D eigenvalue weighted by atomic mass is 16.5. The number of rotatable bonds is 6. The van der Waals surface area contributed by atoms with Gasteiger partial charge in [0.1, 0.15) is 11.5 Å². The standard InChI is InChI=1S/C20H26O3/c1-19(2,15-5-9-17(21)10-6-15)13-23-14-20(3,4)16-7-11-18(22)12-8-16/h5-12,21-22H,13-14H2,1-4H3. The van der Waals surface area contributed by atoms with Crippen LogP contribution >= 0.6 is 0 Å². The second-order valence-electron chi connectivity index (χ2n) is 7.35. The molecule has 0 saturated heterocycles. The zero-order valence-corrected chi connectivity index (χ0v) is 14.3. The van der Waals surface area contributed by atoms with Gasteiger partial charge in [0.15, 0.2) is 0 Å². The number of benzene rings is 2. The molecule has 2 N–H and O–H groups in total. The lowest BCUT2D eigenvalue weighted by Gasteiger charge is -2.30. The van der Waals surface area contributed by atoms with Crippen LogP contribution in [0.15, 0.2) is 48.5 Å². The third-order valence-electron chi connectivity index (χ3n) is 4.22. The first kappa shape index (κ1) is 17.4. The summed E-state index contributed by atoms with van der Waals surface area (Å²) in [4.78, 5) is 0. The van der Waals surface area contributed by atoms with E-state index in [1.165, 1.54) is 0 Å². The molecule has 0 radical (unpaired) electrons. The smallest absolute Gasteiger partial charge is 0.115 e. The third kappa shape index (κ3) is 4.49. The van der Waals surface area contributed by atoms with Gasteiger partial charge in [0.2, 0.25) is 0 Å². The fourth-order valence-electron chi connectivity index (χ4n) is 2.55. The topological polar surface area (TPSA) is 49.7 Å². The molecule has 0 amide bonds. The lowest BCUT2D eigenvalue weighted by atomic mass is 9.84. The van der Waals surface area contributed by atoms with Crippen LogP contribution < -0.4 is 0 Å². The summed E-state index contributed by atoms with van der Waals surface area (Å²) in [7, 11) is 0.